The number of sulfonamides is 1. The number of nitro groups is 1. The van der Waals surface area contributed by atoms with Gasteiger partial charge in [-0.05, 0) is 54.7 Å². The monoisotopic (exact) mass is 493 g/mol. The highest BCUT2D eigenvalue weighted by atomic mass is 32.2. The number of rotatable bonds is 10. The summed E-state index contributed by atoms with van der Waals surface area (Å²) in [7, 11) is -1.05. The van der Waals surface area contributed by atoms with Crippen LogP contribution < -0.4 is 19.1 Å². The number of nitrogens with one attached hydrogen (secondary N) is 1. The molecule has 2 aromatic carbocycles. The SMILES string of the molecule is COc1cc(C)c(C(C)NC(=O)CN(c2cc([N+](=O)[O-])ccc2OC)S(C)(=O)=O)cc1C(C)C. The van der Waals surface area contributed by atoms with Gasteiger partial charge in [0, 0.05) is 12.1 Å². The van der Waals surface area contributed by atoms with Crippen molar-refractivity contribution < 1.29 is 27.6 Å². The normalized spacial score (nSPS) is 12.2. The van der Waals surface area contributed by atoms with Crippen molar-refractivity contribution in [2.45, 2.75) is 39.7 Å². The maximum atomic E-state index is 12.9. The number of non-ortho nitro benzene ring substituents is 1. The Morgan fingerprint density at radius 3 is 2.21 bits per heavy atom. The zero-order valence-electron chi connectivity index (χ0n) is 20.4. The third-order valence-electron chi connectivity index (χ3n) is 5.41. The van der Waals surface area contributed by atoms with Gasteiger partial charge in [-0.15, -0.1) is 0 Å². The lowest BCUT2D eigenvalue weighted by molar-refractivity contribution is -0.384. The second-order valence-corrected chi connectivity index (χ2v) is 10.2. The van der Waals surface area contributed by atoms with E-state index in [4.69, 9.17) is 9.47 Å². The third kappa shape index (κ3) is 6.16. The summed E-state index contributed by atoms with van der Waals surface area (Å²) in [5.74, 6) is 0.465. The minimum absolute atomic E-state index is 0.0875. The van der Waals surface area contributed by atoms with E-state index in [9.17, 15) is 23.3 Å². The van der Waals surface area contributed by atoms with E-state index in [-0.39, 0.29) is 23.0 Å². The maximum Gasteiger partial charge on any atom is 0.271 e. The van der Waals surface area contributed by atoms with E-state index < -0.39 is 33.4 Å². The summed E-state index contributed by atoms with van der Waals surface area (Å²) in [4.78, 5) is 23.5. The third-order valence-corrected chi connectivity index (χ3v) is 6.54. The zero-order chi connectivity index (χ0) is 25.8. The molecule has 1 N–H and O–H groups in total. The molecule has 0 radical (unpaired) electrons. The van der Waals surface area contributed by atoms with Gasteiger partial charge in [-0.25, -0.2) is 8.42 Å². The van der Waals surface area contributed by atoms with Crippen molar-refractivity contribution in [2.24, 2.45) is 0 Å². The predicted octanol–water partition coefficient (Wildman–Crippen LogP) is 3.69. The van der Waals surface area contributed by atoms with Gasteiger partial charge < -0.3 is 14.8 Å². The second-order valence-electron chi connectivity index (χ2n) is 8.28. The molecule has 0 aromatic heterocycles. The summed E-state index contributed by atoms with van der Waals surface area (Å²) in [6.45, 7) is 7.21. The summed E-state index contributed by atoms with van der Waals surface area (Å²) < 4.78 is 36.5. The first-order valence-corrected chi connectivity index (χ1v) is 12.4. The first kappa shape index (κ1) is 26.9. The number of methoxy groups -OCH3 is 2. The summed E-state index contributed by atoms with van der Waals surface area (Å²) in [5, 5.41) is 14.0. The van der Waals surface area contributed by atoms with Crippen molar-refractivity contribution in [3.8, 4) is 11.5 Å². The van der Waals surface area contributed by atoms with Gasteiger partial charge in [-0.3, -0.25) is 19.2 Å². The van der Waals surface area contributed by atoms with Crippen LogP contribution in [0.25, 0.3) is 0 Å². The number of amides is 1. The molecule has 1 amide bonds. The van der Waals surface area contributed by atoms with Crippen LogP contribution in [0, 0.1) is 17.0 Å². The number of aryl methyl sites for hydroxylation is 1. The number of benzene rings is 2. The first-order valence-electron chi connectivity index (χ1n) is 10.6. The Kier molecular flexibility index (Phi) is 8.49. The number of hydrogen-bond donors (Lipinski definition) is 1. The fourth-order valence-electron chi connectivity index (χ4n) is 3.67. The fourth-order valence-corrected chi connectivity index (χ4v) is 4.53. The smallest absolute Gasteiger partial charge is 0.271 e. The Hall–Kier alpha value is -3.34. The Labute approximate surface area is 200 Å². The Bertz CT molecular complexity index is 1180. The van der Waals surface area contributed by atoms with Gasteiger partial charge in [0.25, 0.3) is 5.69 Å². The topological polar surface area (TPSA) is 128 Å². The van der Waals surface area contributed by atoms with Crippen LogP contribution in [-0.4, -0.2) is 46.3 Å². The highest BCUT2D eigenvalue weighted by molar-refractivity contribution is 7.92. The molecule has 0 saturated heterocycles. The number of hydrogen-bond acceptors (Lipinski definition) is 7. The molecule has 0 aliphatic carbocycles. The van der Waals surface area contributed by atoms with Crippen molar-refractivity contribution in [1.29, 1.82) is 0 Å². The van der Waals surface area contributed by atoms with Crippen LogP contribution in [-0.2, 0) is 14.8 Å². The minimum Gasteiger partial charge on any atom is -0.496 e. The van der Waals surface area contributed by atoms with Gasteiger partial charge in [-0.2, -0.15) is 0 Å². The van der Waals surface area contributed by atoms with Crippen molar-refractivity contribution in [3.63, 3.8) is 0 Å². The zero-order valence-corrected chi connectivity index (χ0v) is 21.2. The van der Waals surface area contributed by atoms with E-state index in [1.807, 2.05) is 32.9 Å². The van der Waals surface area contributed by atoms with Gasteiger partial charge >= 0.3 is 0 Å². The number of ether oxygens (including phenoxy) is 2. The summed E-state index contributed by atoms with van der Waals surface area (Å²) in [5.41, 5.74) is 2.35. The lowest BCUT2D eigenvalue weighted by Gasteiger charge is -2.25. The molecular weight excluding hydrogens is 462 g/mol. The molecule has 34 heavy (non-hydrogen) atoms. The Morgan fingerprint density at radius 1 is 1.09 bits per heavy atom. The van der Waals surface area contributed by atoms with Gasteiger partial charge in [0.15, 0.2) is 0 Å². The largest absolute Gasteiger partial charge is 0.496 e. The molecule has 0 heterocycles. The number of anilines is 1. The molecule has 1 atom stereocenters. The summed E-state index contributed by atoms with van der Waals surface area (Å²) in [6.07, 6.45) is 0.921. The Balaban J connectivity index is 2.37. The van der Waals surface area contributed by atoms with Crippen molar-refractivity contribution in [2.75, 3.05) is 31.3 Å². The standard InChI is InChI=1S/C23H31N3O7S/c1-14(2)18-12-19(15(3)10-22(18)33-6)16(4)24-23(27)13-25(34(7,30)31)20-11-17(26(28)29)8-9-21(20)32-5/h8-12,14,16H,13H2,1-7H3,(H,24,27). The molecule has 0 aliphatic rings. The molecule has 0 aliphatic heterocycles. The van der Waals surface area contributed by atoms with Crippen LogP contribution in [0.3, 0.4) is 0 Å². The average molecular weight is 494 g/mol. The molecule has 10 nitrogen and oxygen atoms in total. The molecule has 0 spiro atoms. The molecule has 0 saturated carbocycles. The van der Waals surface area contributed by atoms with E-state index in [1.54, 1.807) is 14.0 Å². The minimum atomic E-state index is -3.97. The van der Waals surface area contributed by atoms with Crippen LogP contribution in [0.2, 0.25) is 0 Å². The van der Waals surface area contributed by atoms with Crippen molar-refractivity contribution in [1.82, 2.24) is 5.32 Å². The van der Waals surface area contributed by atoms with E-state index >= 15 is 0 Å². The van der Waals surface area contributed by atoms with Crippen LogP contribution in [0.4, 0.5) is 11.4 Å². The highest BCUT2D eigenvalue weighted by Crippen LogP contribution is 2.34. The van der Waals surface area contributed by atoms with Crippen molar-refractivity contribution >= 4 is 27.3 Å². The molecule has 0 fully saturated rings. The lowest BCUT2D eigenvalue weighted by Crippen LogP contribution is -2.41. The average Bonchev–Trinajstić information content (AvgIpc) is 2.75. The van der Waals surface area contributed by atoms with Crippen LogP contribution >= 0.6 is 0 Å². The van der Waals surface area contributed by atoms with E-state index in [2.05, 4.69) is 5.32 Å². The number of nitrogens with zero attached hydrogens (tertiary/aromatic N) is 2. The van der Waals surface area contributed by atoms with Crippen LogP contribution in [0.5, 0.6) is 11.5 Å². The fraction of sp³-hybridized carbons (Fsp3) is 0.435. The number of carbonyl (C=O) groups excluding carboxylic acids is 1. The summed E-state index contributed by atoms with van der Waals surface area (Å²) in [6, 6.07) is 7.01. The number of nitro benzene ring substituents is 1. The molecule has 0 bridgehead atoms. The van der Waals surface area contributed by atoms with E-state index in [1.165, 1.54) is 19.2 Å². The number of carbonyl (C=O) groups is 1. The molecular formula is C23H31N3O7S. The predicted molar refractivity (Wildman–Crippen MR) is 130 cm³/mol. The first-order chi connectivity index (χ1) is 15.8. The van der Waals surface area contributed by atoms with Gasteiger partial charge in [0.05, 0.1) is 31.4 Å². The lowest BCUT2D eigenvalue weighted by atomic mass is 9.93. The van der Waals surface area contributed by atoms with Gasteiger partial charge in [0.1, 0.15) is 23.7 Å². The quantitative estimate of drug-likeness (QED) is 0.395. The Morgan fingerprint density at radius 2 is 1.71 bits per heavy atom. The highest BCUT2D eigenvalue weighted by Gasteiger charge is 2.27. The van der Waals surface area contributed by atoms with Gasteiger partial charge in [-0.1, -0.05) is 13.8 Å². The van der Waals surface area contributed by atoms with Crippen molar-refractivity contribution in [3.05, 3.63) is 57.1 Å². The molecule has 1 unspecified atom stereocenters. The van der Waals surface area contributed by atoms with Gasteiger partial charge in [0.2, 0.25) is 15.9 Å². The van der Waals surface area contributed by atoms with Crippen LogP contribution in [0.1, 0.15) is 49.4 Å². The maximum absolute atomic E-state index is 12.9. The molecule has 2 rings (SSSR count). The van der Waals surface area contributed by atoms with Crippen LogP contribution in [0.15, 0.2) is 30.3 Å². The van der Waals surface area contributed by atoms with E-state index in [0.717, 1.165) is 39.1 Å². The van der Waals surface area contributed by atoms with E-state index in [0.29, 0.717) is 0 Å². The molecule has 11 heteroatoms. The summed E-state index contributed by atoms with van der Waals surface area (Å²) >= 11 is 0. The molecule has 186 valence electrons. The second kappa shape index (κ2) is 10.7. The molecule has 2 aromatic rings.